The Morgan fingerprint density at radius 1 is 1.14 bits per heavy atom. The minimum Gasteiger partial charge on any atom is -0.382 e. The van der Waals surface area contributed by atoms with E-state index < -0.39 is 0 Å². The standard InChI is InChI=1S/C29H31ClN2O3S/c1-2-35-19-6-17-31(27(33)14-9-22-7-4-3-5-8-22)21-28(34)32-18-15-26-25(16-20-36-26)29(32)23-10-12-24(30)13-11-23/h3-5,7-14,16,20,29H,2,6,15,17-19,21H2,1H3. The molecule has 1 aromatic heterocycles. The maximum absolute atomic E-state index is 13.7. The average molecular weight is 523 g/mol. The van der Waals surface area contributed by atoms with Crippen LogP contribution in [0.4, 0.5) is 0 Å². The summed E-state index contributed by atoms with van der Waals surface area (Å²) < 4.78 is 5.47. The van der Waals surface area contributed by atoms with Gasteiger partial charge in [0.2, 0.25) is 11.8 Å². The highest BCUT2D eigenvalue weighted by Crippen LogP contribution is 2.38. The number of carbonyl (C=O) groups excluding carboxylic acids is 2. The molecular formula is C29H31ClN2O3S. The van der Waals surface area contributed by atoms with Gasteiger partial charge in [0.1, 0.15) is 6.54 Å². The molecule has 2 heterocycles. The highest BCUT2D eigenvalue weighted by molar-refractivity contribution is 7.10. The monoisotopic (exact) mass is 522 g/mol. The largest absolute Gasteiger partial charge is 0.382 e. The van der Waals surface area contributed by atoms with E-state index in [1.54, 1.807) is 28.4 Å². The molecule has 0 bridgehead atoms. The van der Waals surface area contributed by atoms with Crippen molar-refractivity contribution >= 4 is 40.8 Å². The van der Waals surface area contributed by atoms with Crippen molar-refractivity contribution in [1.82, 2.24) is 9.80 Å². The van der Waals surface area contributed by atoms with Crippen LogP contribution in [-0.2, 0) is 20.7 Å². The number of fused-ring (bicyclic) bond motifs is 1. The van der Waals surface area contributed by atoms with E-state index >= 15 is 0 Å². The van der Waals surface area contributed by atoms with Crippen LogP contribution in [0.5, 0.6) is 0 Å². The lowest BCUT2D eigenvalue weighted by Gasteiger charge is -2.37. The zero-order valence-electron chi connectivity index (χ0n) is 20.4. The molecule has 5 nitrogen and oxygen atoms in total. The van der Waals surface area contributed by atoms with Crippen LogP contribution >= 0.6 is 22.9 Å². The van der Waals surface area contributed by atoms with Gasteiger partial charge >= 0.3 is 0 Å². The Hall–Kier alpha value is -2.93. The van der Waals surface area contributed by atoms with Gasteiger partial charge in [-0.3, -0.25) is 9.59 Å². The summed E-state index contributed by atoms with van der Waals surface area (Å²) in [5, 5.41) is 2.74. The predicted molar refractivity (Wildman–Crippen MR) is 146 cm³/mol. The summed E-state index contributed by atoms with van der Waals surface area (Å²) >= 11 is 7.87. The van der Waals surface area contributed by atoms with E-state index in [9.17, 15) is 9.59 Å². The highest BCUT2D eigenvalue weighted by Gasteiger charge is 2.33. The SMILES string of the molecule is CCOCCCN(CC(=O)N1CCc2sccc2C1c1ccc(Cl)cc1)C(=O)C=Cc1ccccc1. The fraction of sp³-hybridized carbons (Fsp3) is 0.310. The van der Waals surface area contributed by atoms with Crippen molar-refractivity contribution in [3.05, 3.63) is 98.7 Å². The number of thiophene rings is 1. The fourth-order valence-electron chi connectivity index (χ4n) is 4.45. The van der Waals surface area contributed by atoms with Gasteiger partial charge in [-0.2, -0.15) is 0 Å². The molecule has 0 saturated carbocycles. The summed E-state index contributed by atoms with van der Waals surface area (Å²) in [5.74, 6) is -0.246. The zero-order valence-corrected chi connectivity index (χ0v) is 22.0. The Balaban J connectivity index is 1.54. The first-order valence-electron chi connectivity index (χ1n) is 12.3. The molecule has 0 aliphatic carbocycles. The van der Waals surface area contributed by atoms with Crippen LogP contribution in [0, 0.1) is 0 Å². The summed E-state index contributed by atoms with van der Waals surface area (Å²) in [7, 11) is 0. The molecular weight excluding hydrogens is 492 g/mol. The quantitative estimate of drug-likeness (QED) is 0.248. The van der Waals surface area contributed by atoms with Crippen molar-refractivity contribution in [2.45, 2.75) is 25.8 Å². The molecule has 1 atom stereocenters. The second-order valence-electron chi connectivity index (χ2n) is 8.64. The van der Waals surface area contributed by atoms with Gasteiger partial charge in [0.05, 0.1) is 6.04 Å². The third-order valence-corrected chi connectivity index (χ3v) is 7.50. The molecule has 1 aliphatic heterocycles. The van der Waals surface area contributed by atoms with Crippen LogP contribution in [-0.4, -0.2) is 54.5 Å². The molecule has 0 saturated heterocycles. The van der Waals surface area contributed by atoms with E-state index in [0.29, 0.717) is 37.7 Å². The molecule has 3 aromatic rings. The third kappa shape index (κ3) is 6.64. The van der Waals surface area contributed by atoms with Gasteiger partial charge in [0.25, 0.3) is 0 Å². The lowest BCUT2D eigenvalue weighted by atomic mass is 9.93. The van der Waals surface area contributed by atoms with Gasteiger partial charge in [-0.25, -0.2) is 0 Å². The van der Waals surface area contributed by atoms with Crippen LogP contribution in [0.25, 0.3) is 6.08 Å². The molecule has 0 N–H and O–H groups in total. The van der Waals surface area contributed by atoms with Crippen molar-refractivity contribution in [2.75, 3.05) is 32.8 Å². The number of rotatable bonds is 10. The highest BCUT2D eigenvalue weighted by atomic mass is 35.5. The second kappa shape index (κ2) is 12.9. The van der Waals surface area contributed by atoms with E-state index in [1.807, 2.05) is 66.4 Å². The molecule has 0 radical (unpaired) electrons. The van der Waals surface area contributed by atoms with Gasteiger partial charge in [0.15, 0.2) is 0 Å². The first kappa shape index (κ1) is 26.1. The first-order valence-corrected chi connectivity index (χ1v) is 13.5. The maximum Gasteiger partial charge on any atom is 0.247 e. The number of amides is 2. The van der Waals surface area contributed by atoms with Gasteiger partial charge in [-0.05, 0) is 66.1 Å². The lowest BCUT2D eigenvalue weighted by Crippen LogP contribution is -2.46. The number of halogens is 1. The Morgan fingerprint density at radius 3 is 2.67 bits per heavy atom. The molecule has 0 spiro atoms. The molecule has 4 rings (SSSR count). The number of hydrogen-bond acceptors (Lipinski definition) is 4. The third-order valence-electron chi connectivity index (χ3n) is 6.25. The number of nitrogens with zero attached hydrogens (tertiary/aromatic N) is 2. The summed E-state index contributed by atoms with van der Waals surface area (Å²) in [6.07, 6.45) is 4.82. The number of hydrogen-bond donors (Lipinski definition) is 0. The van der Waals surface area contributed by atoms with Crippen molar-refractivity contribution in [1.29, 1.82) is 0 Å². The van der Waals surface area contributed by atoms with Gasteiger partial charge in [-0.15, -0.1) is 11.3 Å². The van der Waals surface area contributed by atoms with Gasteiger partial charge < -0.3 is 14.5 Å². The normalized spacial score (nSPS) is 15.2. The molecule has 7 heteroatoms. The summed E-state index contributed by atoms with van der Waals surface area (Å²) in [5.41, 5.74) is 3.11. The van der Waals surface area contributed by atoms with Gasteiger partial charge in [0, 0.05) is 42.3 Å². The van der Waals surface area contributed by atoms with E-state index in [0.717, 1.165) is 23.1 Å². The minimum atomic E-state index is -0.190. The molecule has 36 heavy (non-hydrogen) atoms. The maximum atomic E-state index is 13.7. The minimum absolute atomic E-state index is 0.0215. The average Bonchev–Trinajstić information content (AvgIpc) is 3.38. The van der Waals surface area contributed by atoms with Crippen LogP contribution in [0.2, 0.25) is 5.02 Å². The number of ether oxygens (including phenoxy) is 1. The Kier molecular flexibility index (Phi) is 9.34. The van der Waals surface area contributed by atoms with E-state index in [4.69, 9.17) is 16.3 Å². The first-order chi connectivity index (χ1) is 17.6. The molecule has 188 valence electrons. The van der Waals surface area contributed by atoms with E-state index in [-0.39, 0.29) is 24.4 Å². The van der Waals surface area contributed by atoms with Crippen molar-refractivity contribution in [3.63, 3.8) is 0 Å². The predicted octanol–water partition coefficient (Wildman–Crippen LogP) is 5.84. The Morgan fingerprint density at radius 2 is 1.92 bits per heavy atom. The van der Waals surface area contributed by atoms with Crippen LogP contribution in [0.15, 0.2) is 72.1 Å². The number of benzene rings is 2. The van der Waals surface area contributed by atoms with Crippen LogP contribution in [0.3, 0.4) is 0 Å². The smallest absolute Gasteiger partial charge is 0.247 e. The molecule has 2 aromatic carbocycles. The summed E-state index contributed by atoms with van der Waals surface area (Å²) in [6, 6.07) is 19.3. The van der Waals surface area contributed by atoms with E-state index in [1.165, 1.54) is 4.88 Å². The van der Waals surface area contributed by atoms with Gasteiger partial charge in [-0.1, -0.05) is 54.1 Å². The van der Waals surface area contributed by atoms with Crippen molar-refractivity contribution in [3.8, 4) is 0 Å². The molecule has 1 aliphatic rings. The fourth-order valence-corrected chi connectivity index (χ4v) is 5.48. The zero-order chi connectivity index (χ0) is 25.3. The van der Waals surface area contributed by atoms with Crippen LogP contribution in [0.1, 0.15) is 41.0 Å². The Labute approximate surface area is 221 Å². The molecule has 2 amide bonds. The molecule has 1 unspecified atom stereocenters. The number of carbonyl (C=O) groups is 2. The summed E-state index contributed by atoms with van der Waals surface area (Å²) in [4.78, 5) is 31.7. The second-order valence-corrected chi connectivity index (χ2v) is 10.1. The topological polar surface area (TPSA) is 49.9 Å². The van der Waals surface area contributed by atoms with E-state index in [2.05, 4.69) is 11.4 Å². The van der Waals surface area contributed by atoms with Crippen molar-refractivity contribution in [2.24, 2.45) is 0 Å². The molecule has 0 fully saturated rings. The Bertz CT molecular complexity index is 1180. The summed E-state index contributed by atoms with van der Waals surface area (Å²) in [6.45, 7) is 4.20. The lowest BCUT2D eigenvalue weighted by molar-refractivity contribution is -0.139. The van der Waals surface area contributed by atoms with Crippen LogP contribution < -0.4 is 0 Å². The van der Waals surface area contributed by atoms with Crippen molar-refractivity contribution < 1.29 is 14.3 Å².